The van der Waals surface area contributed by atoms with Crippen LogP contribution < -0.4 is 4.90 Å². The molecule has 1 aliphatic carbocycles. The molecule has 0 bridgehead atoms. The first-order valence-corrected chi connectivity index (χ1v) is 11.2. The van der Waals surface area contributed by atoms with Gasteiger partial charge in [0.25, 0.3) is 5.91 Å². The minimum atomic E-state index is 0.202. The van der Waals surface area contributed by atoms with Crippen LogP contribution in [0.3, 0.4) is 0 Å². The molecule has 0 radical (unpaired) electrons. The first kappa shape index (κ1) is 17.1. The number of pyridine rings is 1. The molecule has 2 aliphatic rings. The van der Waals surface area contributed by atoms with Gasteiger partial charge >= 0.3 is 0 Å². The van der Waals surface area contributed by atoms with Gasteiger partial charge in [0.05, 0.1) is 4.88 Å². The van der Waals surface area contributed by atoms with E-state index in [9.17, 15) is 4.79 Å². The molecule has 5 rings (SSSR count). The number of aryl methyl sites for hydroxylation is 1. The summed E-state index contributed by atoms with van der Waals surface area (Å²) < 4.78 is 0. The standard InChI is InChI=1S/C20H22N4OS2/c1-13-4-5-16-14(11-13)12-17(26-16)19(25)23-7-9-24(10-8-23)20-22-15-3-2-6-21-18(15)27-20/h2-3,6,12-13H,4-5,7-11H2,1H3. The molecule has 7 heteroatoms. The molecule has 0 saturated carbocycles. The van der Waals surface area contributed by atoms with Gasteiger partial charge in [-0.15, -0.1) is 11.3 Å². The van der Waals surface area contributed by atoms with Crippen molar-refractivity contribution in [3.8, 4) is 0 Å². The molecule has 0 spiro atoms. The molecule has 140 valence electrons. The number of nitrogens with zero attached hydrogens (tertiary/aromatic N) is 4. The Kier molecular flexibility index (Phi) is 4.36. The van der Waals surface area contributed by atoms with Crippen LogP contribution in [0.2, 0.25) is 0 Å². The fourth-order valence-electron chi connectivity index (χ4n) is 3.96. The summed E-state index contributed by atoms with van der Waals surface area (Å²) in [5.41, 5.74) is 2.36. The molecule has 1 amide bonds. The Labute approximate surface area is 166 Å². The number of carbonyl (C=O) groups is 1. The molecule has 0 aromatic carbocycles. The van der Waals surface area contributed by atoms with Gasteiger partial charge in [0.1, 0.15) is 10.3 Å². The Morgan fingerprint density at radius 2 is 2.07 bits per heavy atom. The third-order valence-corrected chi connectivity index (χ3v) is 7.80. The smallest absolute Gasteiger partial charge is 0.264 e. The number of anilines is 1. The highest BCUT2D eigenvalue weighted by atomic mass is 32.1. The van der Waals surface area contributed by atoms with Crippen LogP contribution in [0.4, 0.5) is 5.13 Å². The number of hydrogen-bond donors (Lipinski definition) is 0. The fourth-order valence-corrected chi connectivity index (χ4v) is 6.10. The second-order valence-electron chi connectivity index (χ2n) is 7.51. The number of thiazole rings is 1. The minimum Gasteiger partial charge on any atom is -0.344 e. The van der Waals surface area contributed by atoms with Crippen LogP contribution in [0.5, 0.6) is 0 Å². The maximum absolute atomic E-state index is 13.0. The average Bonchev–Trinajstić information content (AvgIpc) is 3.31. The quantitative estimate of drug-likeness (QED) is 0.658. The van der Waals surface area contributed by atoms with Gasteiger partial charge in [-0.2, -0.15) is 0 Å². The highest BCUT2D eigenvalue weighted by Gasteiger charge is 2.27. The molecule has 27 heavy (non-hydrogen) atoms. The SMILES string of the molecule is CC1CCc2sc(C(=O)N3CCN(c4nc5cccnc5s4)CC3)cc2C1. The lowest BCUT2D eigenvalue weighted by Crippen LogP contribution is -2.48. The van der Waals surface area contributed by atoms with Crippen LogP contribution in [0.25, 0.3) is 10.3 Å². The Balaban J connectivity index is 1.27. The van der Waals surface area contributed by atoms with Crippen LogP contribution in [-0.4, -0.2) is 47.0 Å². The van der Waals surface area contributed by atoms with Crippen molar-refractivity contribution >= 4 is 44.1 Å². The van der Waals surface area contributed by atoms with Gasteiger partial charge < -0.3 is 9.80 Å². The van der Waals surface area contributed by atoms with Gasteiger partial charge in [-0.3, -0.25) is 4.79 Å². The van der Waals surface area contributed by atoms with Gasteiger partial charge in [-0.25, -0.2) is 9.97 Å². The predicted octanol–water partition coefficient (Wildman–Crippen LogP) is 3.84. The van der Waals surface area contributed by atoms with E-state index in [1.807, 2.05) is 23.2 Å². The fraction of sp³-hybridized carbons (Fsp3) is 0.450. The molecular formula is C20H22N4OS2. The monoisotopic (exact) mass is 398 g/mol. The van der Waals surface area contributed by atoms with Crippen LogP contribution in [0.15, 0.2) is 24.4 Å². The van der Waals surface area contributed by atoms with Gasteiger partial charge in [0.15, 0.2) is 5.13 Å². The number of aromatic nitrogens is 2. The maximum atomic E-state index is 13.0. The first-order chi connectivity index (χ1) is 13.2. The Morgan fingerprint density at radius 1 is 1.22 bits per heavy atom. The van der Waals surface area contributed by atoms with E-state index in [0.29, 0.717) is 0 Å². The summed E-state index contributed by atoms with van der Waals surface area (Å²) in [5.74, 6) is 0.939. The number of rotatable bonds is 2. The zero-order valence-electron chi connectivity index (χ0n) is 15.4. The second-order valence-corrected chi connectivity index (χ2v) is 9.60. The normalized spacial score (nSPS) is 20.1. The molecule has 1 atom stereocenters. The van der Waals surface area contributed by atoms with Crippen molar-refractivity contribution in [2.24, 2.45) is 5.92 Å². The highest BCUT2D eigenvalue weighted by Crippen LogP contribution is 2.33. The molecule has 4 heterocycles. The van der Waals surface area contributed by atoms with E-state index in [2.05, 4.69) is 22.9 Å². The molecule has 1 fully saturated rings. The van der Waals surface area contributed by atoms with Crippen molar-refractivity contribution in [3.63, 3.8) is 0 Å². The van der Waals surface area contributed by atoms with Crippen molar-refractivity contribution in [3.05, 3.63) is 39.7 Å². The highest BCUT2D eigenvalue weighted by molar-refractivity contribution is 7.21. The summed E-state index contributed by atoms with van der Waals surface area (Å²) in [5, 5.41) is 1.01. The van der Waals surface area contributed by atoms with Crippen molar-refractivity contribution in [2.45, 2.75) is 26.2 Å². The van der Waals surface area contributed by atoms with Gasteiger partial charge in [0.2, 0.25) is 0 Å². The number of thiophene rings is 1. The molecule has 3 aromatic heterocycles. The zero-order chi connectivity index (χ0) is 18.4. The first-order valence-electron chi connectivity index (χ1n) is 9.55. The van der Waals surface area contributed by atoms with Crippen LogP contribution in [0.1, 0.15) is 33.5 Å². The summed E-state index contributed by atoms with van der Waals surface area (Å²) in [7, 11) is 0. The van der Waals surface area contributed by atoms with Crippen LogP contribution >= 0.6 is 22.7 Å². The molecule has 5 nitrogen and oxygen atoms in total. The van der Waals surface area contributed by atoms with Crippen molar-refractivity contribution in [1.82, 2.24) is 14.9 Å². The van der Waals surface area contributed by atoms with E-state index in [-0.39, 0.29) is 5.91 Å². The summed E-state index contributed by atoms with van der Waals surface area (Å²) in [6.45, 7) is 5.46. The van der Waals surface area contributed by atoms with E-state index < -0.39 is 0 Å². The lowest BCUT2D eigenvalue weighted by atomic mass is 9.90. The zero-order valence-corrected chi connectivity index (χ0v) is 17.0. The lowest BCUT2D eigenvalue weighted by molar-refractivity contribution is 0.0751. The van der Waals surface area contributed by atoms with Crippen molar-refractivity contribution in [2.75, 3.05) is 31.1 Å². The largest absolute Gasteiger partial charge is 0.344 e. The van der Waals surface area contributed by atoms with E-state index in [0.717, 1.165) is 65.3 Å². The van der Waals surface area contributed by atoms with Crippen LogP contribution in [0, 0.1) is 5.92 Å². The summed E-state index contributed by atoms with van der Waals surface area (Å²) in [6.07, 6.45) is 5.31. The Hall–Kier alpha value is -1.99. The third kappa shape index (κ3) is 3.23. The van der Waals surface area contributed by atoms with Gasteiger partial charge in [-0.05, 0) is 48.9 Å². The third-order valence-electron chi connectivity index (χ3n) is 5.53. The average molecular weight is 399 g/mol. The topological polar surface area (TPSA) is 49.3 Å². The van der Waals surface area contributed by atoms with Crippen molar-refractivity contribution in [1.29, 1.82) is 0 Å². The van der Waals surface area contributed by atoms with Crippen LogP contribution in [-0.2, 0) is 12.8 Å². The molecule has 0 N–H and O–H groups in total. The number of piperazine rings is 1. The summed E-state index contributed by atoms with van der Waals surface area (Å²) >= 11 is 3.35. The lowest BCUT2D eigenvalue weighted by Gasteiger charge is -2.34. The summed E-state index contributed by atoms with van der Waals surface area (Å²) in [6, 6.07) is 6.08. The maximum Gasteiger partial charge on any atom is 0.264 e. The number of carbonyl (C=O) groups excluding carboxylic acids is 1. The second kappa shape index (κ2) is 6.87. The molecule has 1 unspecified atom stereocenters. The molecule has 1 aliphatic heterocycles. The molecular weight excluding hydrogens is 376 g/mol. The Morgan fingerprint density at radius 3 is 2.89 bits per heavy atom. The van der Waals surface area contributed by atoms with E-state index in [4.69, 9.17) is 4.98 Å². The molecule has 3 aromatic rings. The number of fused-ring (bicyclic) bond motifs is 2. The van der Waals surface area contributed by atoms with Gasteiger partial charge in [0, 0.05) is 37.3 Å². The molecule has 1 saturated heterocycles. The Bertz CT molecular complexity index is 954. The number of amides is 1. The van der Waals surface area contributed by atoms with E-state index in [1.54, 1.807) is 22.7 Å². The number of hydrogen-bond acceptors (Lipinski definition) is 6. The summed E-state index contributed by atoms with van der Waals surface area (Å²) in [4.78, 5) is 29.7. The van der Waals surface area contributed by atoms with E-state index in [1.165, 1.54) is 16.9 Å². The predicted molar refractivity (Wildman–Crippen MR) is 111 cm³/mol. The van der Waals surface area contributed by atoms with Gasteiger partial charge in [-0.1, -0.05) is 18.3 Å². The van der Waals surface area contributed by atoms with E-state index >= 15 is 0 Å². The van der Waals surface area contributed by atoms with Crippen molar-refractivity contribution < 1.29 is 4.79 Å². The minimum absolute atomic E-state index is 0.202.